The highest BCUT2D eigenvalue weighted by molar-refractivity contribution is 6.32. The normalized spacial score (nSPS) is 13.0. The maximum Gasteiger partial charge on any atom is 0.416 e. The summed E-state index contributed by atoms with van der Waals surface area (Å²) in [5.74, 6) is -0.566. The second kappa shape index (κ2) is 16.9. The highest BCUT2D eigenvalue weighted by Gasteiger charge is 2.30. The fourth-order valence-electron chi connectivity index (χ4n) is 5.50. The minimum absolute atomic E-state index is 0. The monoisotopic (exact) mass is 678 g/mol. The molecule has 3 N–H and O–H groups in total. The SMILES string of the molecule is CCCC(CCC)n1cnc2c(C(=O)N[C@@H](Cc3ccccc3)[C@H](O)CNCc3cccc(C(F)(F)F)c3)cc(Cl)cc2c1=O.Cl. The largest absolute Gasteiger partial charge is 0.416 e. The van der Waals surface area contributed by atoms with Gasteiger partial charge in [0.25, 0.3) is 11.5 Å². The number of rotatable bonds is 14. The van der Waals surface area contributed by atoms with Crippen LogP contribution >= 0.6 is 24.0 Å². The van der Waals surface area contributed by atoms with Crippen molar-refractivity contribution in [2.75, 3.05) is 6.54 Å². The van der Waals surface area contributed by atoms with Crippen LogP contribution in [-0.4, -0.2) is 39.3 Å². The molecule has 3 aromatic carbocycles. The van der Waals surface area contributed by atoms with Crippen molar-refractivity contribution in [3.8, 4) is 0 Å². The van der Waals surface area contributed by atoms with Crippen molar-refractivity contribution in [3.05, 3.63) is 111 Å². The Morgan fingerprint density at radius 3 is 2.33 bits per heavy atom. The van der Waals surface area contributed by atoms with E-state index in [0.29, 0.717) is 5.56 Å². The van der Waals surface area contributed by atoms with Crippen LogP contribution in [0.2, 0.25) is 5.02 Å². The summed E-state index contributed by atoms with van der Waals surface area (Å²) in [6.07, 6.45) is -0.381. The third kappa shape index (κ3) is 9.54. The summed E-state index contributed by atoms with van der Waals surface area (Å²) in [4.78, 5) is 31.8. The van der Waals surface area contributed by atoms with Crippen molar-refractivity contribution < 1.29 is 23.1 Å². The van der Waals surface area contributed by atoms with Gasteiger partial charge in [0.05, 0.1) is 40.5 Å². The second-order valence-corrected chi connectivity index (χ2v) is 11.6. The first-order chi connectivity index (χ1) is 21.5. The summed E-state index contributed by atoms with van der Waals surface area (Å²) in [7, 11) is 0. The zero-order valence-corrected chi connectivity index (χ0v) is 27.3. The van der Waals surface area contributed by atoms with Crippen molar-refractivity contribution in [1.29, 1.82) is 0 Å². The zero-order valence-electron chi connectivity index (χ0n) is 25.7. The third-order valence-electron chi connectivity index (χ3n) is 7.75. The Labute approximate surface area is 277 Å². The molecule has 0 aliphatic carbocycles. The van der Waals surface area contributed by atoms with E-state index in [9.17, 15) is 27.9 Å². The van der Waals surface area contributed by atoms with Crippen LogP contribution in [0.15, 0.2) is 77.9 Å². The molecule has 1 heterocycles. The topological polar surface area (TPSA) is 96.2 Å². The van der Waals surface area contributed by atoms with Crippen LogP contribution in [0.3, 0.4) is 0 Å². The molecular formula is C34H39Cl2F3N4O3. The van der Waals surface area contributed by atoms with E-state index in [0.717, 1.165) is 43.4 Å². The molecule has 7 nitrogen and oxygen atoms in total. The number of aliphatic hydroxyl groups excluding tert-OH is 1. The van der Waals surface area contributed by atoms with E-state index in [1.807, 2.05) is 30.3 Å². The van der Waals surface area contributed by atoms with Gasteiger partial charge in [-0.05, 0) is 48.6 Å². The Kier molecular flexibility index (Phi) is 13.6. The Morgan fingerprint density at radius 1 is 1.00 bits per heavy atom. The molecule has 0 saturated carbocycles. The van der Waals surface area contributed by atoms with Crippen molar-refractivity contribution in [2.45, 2.75) is 76.9 Å². The first-order valence-corrected chi connectivity index (χ1v) is 15.5. The maximum absolute atomic E-state index is 13.7. The van der Waals surface area contributed by atoms with E-state index in [2.05, 4.69) is 29.5 Å². The standard InChI is InChI=1S/C34H38ClF3N4O3.ClH/c1-3-9-26(10-4-2)42-21-40-31-27(17-25(35)18-28(31)33(42)45)32(44)41-29(16-22-11-6-5-7-12-22)30(43)20-39-19-23-13-8-14-24(15-23)34(36,37)38;/h5-8,11-15,17-18,21,26,29-30,39,43H,3-4,9-10,16,19-20H2,1-2H3,(H,41,44);1H/t29-,30+;/m0./s1. The van der Waals surface area contributed by atoms with E-state index >= 15 is 0 Å². The number of benzene rings is 3. The van der Waals surface area contributed by atoms with Crippen molar-refractivity contribution >= 4 is 40.8 Å². The van der Waals surface area contributed by atoms with Crippen molar-refractivity contribution in [3.63, 3.8) is 0 Å². The number of nitrogens with one attached hydrogen (secondary N) is 2. The average Bonchev–Trinajstić information content (AvgIpc) is 3.01. The molecule has 1 amide bonds. The molecule has 0 bridgehead atoms. The summed E-state index contributed by atoms with van der Waals surface area (Å²) in [6, 6.07) is 16.4. The van der Waals surface area contributed by atoms with E-state index < -0.39 is 29.8 Å². The Morgan fingerprint density at radius 2 is 1.67 bits per heavy atom. The predicted molar refractivity (Wildman–Crippen MR) is 178 cm³/mol. The molecule has 4 aromatic rings. The van der Waals surface area contributed by atoms with E-state index in [1.54, 1.807) is 10.6 Å². The quantitative estimate of drug-likeness (QED) is 0.132. The van der Waals surface area contributed by atoms with E-state index in [4.69, 9.17) is 11.6 Å². The molecule has 0 saturated heterocycles. The van der Waals surface area contributed by atoms with Crippen LogP contribution in [-0.2, 0) is 19.1 Å². The van der Waals surface area contributed by atoms with E-state index in [1.165, 1.54) is 24.5 Å². The molecule has 0 aliphatic heterocycles. The maximum atomic E-state index is 13.7. The molecule has 0 spiro atoms. The molecule has 12 heteroatoms. The minimum Gasteiger partial charge on any atom is -0.390 e. The van der Waals surface area contributed by atoms with Gasteiger partial charge in [-0.15, -0.1) is 12.4 Å². The number of aliphatic hydroxyl groups is 1. The van der Waals surface area contributed by atoms with Gasteiger partial charge in [0.1, 0.15) is 0 Å². The number of alkyl halides is 3. The first kappa shape index (κ1) is 37.0. The predicted octanol–water partition coefficient (Wildman–Crippen LogP) is 7.12. The molecule has 1 aromatic heterocycles. The molecule has 0 unspecified atom stereocenters. The summed E-state index contributed by atoms with van der Waals surface area (Å²) in [5, 5.41) is 17.5. The van der Waals surface area contributed by atoms with Gasteiger partial charge in [-0.25, -0.2) is 4.98 Å². The number of carbonyl (C=O) groups excluding carboxylic acids is 1. The smallest absolute Gasteiger partial charge is 0.390 e. The molecule has 0 radical (unpaired) electrons. The minimum atomic E-state index is -4.46. The number of halogens is 5. The third-order valence-corrected chi connectivity index (χ3v) is 7.97. The molecule has 4 rings (SSSR count). The van der Waals surface area contributed by atoms with Crippen LogP contribution in [0.1, 0.15) is 72.6 Å². The summed E-state index contributed by atoms with van der Waals surface area (Å²) < 4.78 is 41.0. The van der Waals surface area contributed by atoms with Gasteiger partial charge in [-0.3, -0.25) is 14.2 Å². The summed E-state index contributed by atoms with van der Waals surface area (Å²) >= 11 is 6.40. The number of amides is 1. The van der Waals surface area contributed by atoms with Gasteiger partial charge in [-0.1, -0.05) is 86.8 Å². The van der Waals surface area contributed by atoms with Crippen LogP contribution in [0.5, 0.6) is 0 Å². The van der Waals surface area contributed by atoms with Gasteiger partial charge >= 0.3 is 6.18 Å². The van der Waals surface area contributed by atoms with Crippen LogP contribution < -0.4 is 16.2 Å². The number of carbonyl (C=O) groups is 1. The Hall–Kier alpha value is -3.44. The van der Waals surface area contributed by atoms with Crippen LogP contribution in [0.4, 0.5) is 13.2 Å². The second-order valence-electron chi connectivity index (χ2n) is 11.2. The van der Waals surface area contributed by atoms with Gasteiger partial charge in [-0.2, -0.15) is 13.2 Å². The molecule has 2 atom stereocenters. The number of nitrogens with zero attached hydrogens (tertiary/aromatic N) is 2. The van der Waals surface area contributed by atoms with Gasteiger partial charge in [0, 0.05) is 24.2 Å². The van der Waals surface area contributed by atoms with Crippen LogP contribution in [0, 0.1) is 0 Å². The summed E-state index contributed by atoms with van der Waals surface area (Å²) in [6.45, 7) is 4.19. The van der Waals surface area contributed by atoms with Gasteiger partial charge in [0.15, 0.2) is 0 Å². The molecular weight excluding hydrogens is 640 g/mol. The fraction of sp³-hybridized carbons (Fsp3) is 0.382. The molecule has 0 fully saturated rings. The molecule has 0 aliphatic rings. The lowest BCUT2D eigenvalue weighted by molar-refractivity contribution is -0.137. The highest BCUT2D eigenvalue weighted by Crippen LogP contribution is 2.29. The number of hydrogen-bond acceptors (Lipinski definition) is 5. The number of fused-ring (bicyclic) bond motifs is 1. The molecule has 248 valence electrons. The lowest BCUT2D eigenvalue weighted by Gasteiger charge is -2.25. The highest BCUT2D eigenvalue weighted by atomic mass is 35.5. The van der Waals surface area contributed by atoms with Crippen molar-refractivity contribution in [2.24, 2.45) is 0 Å². The zero-order chi connectivity index (χ0) is 32.6. The van der Waals surface area contributed by atoms with Gasteiger partial charge < -0.3 is 15.7 Å². The number of hydrogen-bond donors (Lipinski definition) is 3. The lowest BCUT2D eigenvalue weighted by atomic mass is 10.00. The Bertz CT molecular complexity index is 1640. The summed E-state index contributed by atoms with van der Waals surface area (Å²) in [5.41, 5.74) is 0.546. The average molecular weight is 680 g/mol. The molecule has 46 heavy (non-hydrogen) atoms. The van der Waals surface area contributed by atoms with Crippen molar-refractivity contribution in [1.82, 2.24) is 20.2 Å². The Balaban J connectivity index is 0.00000576. The number of aromatic nitrogens is 2. The van der Waals surface area contributed by atoms with E-state index in [-0.39, 0.29) is 65.0 Å². The first-order valence-electron chi connectivity index (χ1n) is 15.1. The lowest BCUT2D eigenvalue weighted by Crippen LogP contribution is -2.48. The van der Waals surface area contributed by atoms with Gasteiger partial charge in [0.2, 0.25) is 0 Å². The fourth-order valence-corrected chi connectivity index (χ4v) is 5.71. The van der Waals surface area contributed by atoms with Crippen LogP contribution in [0.25, 0.3) is 10.9 Å².